The molecule has 0 amide bonds. The summed E-state index contributed by atoms with van der Waals surface area (Å²) in [4.78, 5) is 35.0. The highest BCUT2D eigenvalue weighted by Crippen LogP contribution is 2.16. The number of carbonyl (C=O) groups excluding carboxylic acids is 3. The van der Waals surface area contributed by atoms with Crippen LogP contribution in [0.3, 0.4) is 0 Å². The number of benzene rings is 1. The van der Waals surface area contributed by atoms with E-state index in [0.29, 0.717) is 12.8 Å². The first-order chi connectivity index (χ1) is 11.5. The van der Waals surface area contributed by atoms with Crippen LogP contribution < -0.4 is 0 Å². The quantitative estimate of drug-likeness (QED) is 0.509. The minimum Gasteiger partial charge on any atom is -0.469 e. The smallest absolute Gasteiger partial charge is 0.339 e. The second kappa shape index (κ2) is 10.4. The van der Waals surface area contributed by atoms with E-state index in [2.05, 4.69) is 9.47 Å². The van der Waals surface area contributed by atoms with Gasteiger partial charge in [0.25, 0.3) is 0 Å². The van der Waals surface area contributed by atoms with E-state index >= 15 is 0 Å². The summed E-state index contributed by atoms with van der Waals surface area (Å²) in [7, 11) is 2.62. The SMILES string of the molecule is CCC(CCCC(=O)OC)COC(=O)c1ccccc1C(=O)OC. The Labute approximate surface area is 142 Å². The van der Waals surface area contributed by atoms with Crippen LogP contribution in [-0.4, -0.2) is 38.7 Å². The standard InChI is InChI=1S/C18H24O6/c1-4-13(8-7-11-16(19)22-2)12-24-18(21)15-10-6-5-9-14(15)17(20)23-3/h5-6,9-10,13H,4,7-8,11-12H2,1-3H3. The summed E-state index contributed by atoms with van der Waals surface area (Å²) < 4.78 is 14.6. The predicted octanol–water partition coefficient (Wildman–Crippen LogP) is 3.00. The van der Waals surface area contributed by atoms with E-state index in [4.69, 9.17) is 4.74 Å². The average Bonchev–Trinajstić information content (AvgIpc) is 2.63. The van der Waals surface area contributed by atoms with Gasteiger partial charge in [-0.3, -0.25) is 4.79 Å². The van der Waals surface area contributed by atoms with Crippen LogP contribution in [0.5, 0.6) is 0 Å². The lowest BCUT2D eigenvalue weighted by Gasteiger charge is -2.15. The minimum absolute atomic E-state index is 0.156. The van der Waals surface area contributed by atoms with E-state index in [1.54, 1.807) is 12.1 Å². The summed E-state index contributed by atoms with van der Waals surface area (Å²) in [6.07, 6.45) is 2.62. The van der Waals surface area contributed by atoms with Crippen LogP contribution in [0.2, 0.25) is 0 Å². The van der Waals surface area contributed by atoms with Crippen molar-refractivity contribution in [2.45, 2.75) is 32.6 Å². The van der Waals surface area contributed by atoms with E-state index in [0.717, 1.165) is 12.8 Å². The topological polar surface area (TPSA) is 78.9 Å². The van der Waals surface area contributed by atoms with Gasteiger partial charge in [-0.2, -0.15) is 0 Å². The number of carbonyl (C=O) groups is 3. The highest BCUT2D eigenvalue weighted by atomic mass is 16.5. The van der Waals surface area contributed by atoms with Gasteiger partial charge in [0.1, 0.15) is 0 Å². The fourth-order valence-corrected chi connectivity index (χ4v) is 2.26. The number of hydrogen-bond donors (Lipinski definition) is 0. The van der Waals surface area contributed by atoms with Crippen molar-refractivity contribution < 1.29 is 28.6 Å². The molecular formula is C18H24O6. The molecule has 0 aliphatic carbocycles. The van der Waals surface area contributed by atoms with Crippen molar-refractivity contribution in [3.63, 3.8) is 0 Å². The van der Waals surface area contributed by atoms with Crippen LogP contribution in [0.25, 0.3) is 0 Å². The molecule has 0 fully saturated rings. The van der Waals surface area contributed by atoms with Gasteiger partial charge in [-0.25, -0.2) is 9.59 Å². The molecule has 6 nitrogen and oxygen atoms in total. The lowest BCUT2D eigenvalue weighted by atomic mass is 10.00. The van der Waals surface area contributed by atoms with Gasteiger partial charge >= 0.3 is 17.9 Å². The summed E-state index contributed by atoms with van der Waals surface area (Å²) in [5, 5.41) is 0. The molecule has 0 heterocycles. The van der Waals surface area contributed by atoms with Crippen molar-refractivity contribution in [1.82, 2.24) is 0 Å². The molecule has 0 radical (unpaired) electrons. The highest BCUT2D eigenvalue weighted by molar-refractivity contribution is 6.03. The van der Waals surface area contributed by atoms with Crippen LogP contribution >= 0.6 is 0 Å². The Balaban J connectivity index is 2.58. The number of hydrogen-bond acceptors (Lipinski definition) is 6. The van der Waals surface area contributed by atoms with Gasteiger partial charge in [0.15, 0.2) is 0 Å². The number of esters is 3. The van der Waals surface area contributed by atoms with Crippen molar-refractivity contribution in [3.8, 4) is 0 Å². The average molecular weight is 336 g/mol. The molecule has 132 valence electrons. The van der Waals surface area contributed by atoms with E-state index in [-0.39, 0.29) is 29.6 Å². The molecule has 1 unspecified atom stereocenters. The van der Waals surface area contributed by atoms with Gasteiger partial charge in [-0.05, 0) is 30.9 Å². The Kier molecular flexibility index (Phi) is 8.54. The third kappa shape index (κ3) is 6.02. The molecule has 0 aliphatic rings. The van der Waals surface area contributed by atoms with Crippen LogP contribution in [0, 0.1) is 5.92 Å². The van der Waals surface area contributed by atoms with Crippen LogP contribution in [0.4, 0.5) is 0 Å². The second-order valence-corrected chi connectivity index (χ2v) is 5.38. The fraction of sp³-hybridized carbons (Fsp3) is 0.500. The lowest BCUT2D eigenvalue weighted by molar-refractivity contribution is -0.140. The molecule has 0 aromatic heterocycles. The first-order valence-corrected chi connectivity index (χ1v) is 7.94. The summed E-state index contributed by atoms with van der Waals surface area (Å²) >= 11 is 0. The monoisotopic (exact) mass is 336 g/mol. The van der Waals surface area contributed by atoms with E-state index in [1.165, 1.54) is 26.4 Å². The molecular weight excluding hydrogens is 312 g/mol. The summed E-state index contributed by atoms with van der Waals surface area (Å²) in [6.45, 7) is 2.24. The van der Waals surface area contributed by atoms with E-state index in [9.17, 15) is 14.4 Å². The molecule has 0 saturated heterocycles. The zero-order chi connectivity index (χ0) is 17.9. The Morgan fingerprint density at radius 3 is 2.17 bits per heavy atom. The van der Waals surface area contributed by atoms with Crippen LogP contribution in [0.1, 0.15) is 53.3 Å². The van der Waals surface area contributed by atoms with E-state index in [1.807, 2.05) is 6.92 Å². The Hall–Kier alpha value is -2.37. The highest BCUT2D eigenvalue weighted by Gasteiger charge is 2.19. The third-order valence-corrected chi connectivity index (χ3v) is 3.80. The molecule has 6 heteroatoms. The molecule has 1 aromatic carbocycles. The van der Waals surface area contributed by atoms with Gasteiger partial charge in [0.2, 0.25) is 0 Å². The maximum absolute atomic E-state index is 12.2. The van der Waals surface area contributed by atoms with Gasteiger partial charge in [-0.15, -0.1) is 0 Å². The molecule has 0 saturated carbocycles. The van der Waals surface area contributed by atoms with E-state index < -0.39 is 11.9 Å². The molecule has 0 aliphatic heterocycles. The Bertz CT molecular complexity index is 566. The Morgan fingerprint density at radius 1 is 1.00 bits per heavy atom. The third-order valence-electron chi connectivity index (χ3n) is 3.80. The molecule has 0 N–H and O–H groups in total. The molecule has 0 spiro atoms. The van der Waals surface area contributed by atoms with Crippen molar-refractivity contribution >= 4 is 17.9 Å². The zero-order valence-electron chi connectivity index (χ0n) is 14.4. The van der Waals surface area contributed by atoms with Gasteiger partial charge in [-0.1, -0.05) is 25.5 Å². The van der Waals surface area contributed by atoms with Gasteiger partial charge in [0.05, 0.1) is 32.0 Å². The molecule has 1 rings (SSSR count). The van der Waals surface area contributed by atoms with Crippen LogP contribution in [0.15, 0.2) is 24.3 Å². The number of rotatable bonds is 9. The summed E-state index contributed by atoms with van der Waals surface area (Å²) in [6, 6.07) is 6.38. The van der Waals surface area contributed by atoms with Crippen molar-refractivity contribution in [2.24, 2.45) is 5.92 Å². The first kappa shape index (κ1) is 19.7. The number of methoxy groups -OCH3 is 2. The fourth-order valence-electron chi connectivity index (χ4n) is 2.26. The molecule has 1 aromatic rings. The summed E-state index contributed by atoms with van der Waals surface area (Å²) in [5.74, 6) is -1.21. The van der Waals surface area contributed by atoms with Crippen molar-refractivity contribution in [1.29, 1.82) is 0 Å². The maximum Gasteiger partial charge on any atom is 0.339 e. The molecule has 1 atom stereocenters. The summed E-state index contributed by atoms with van der Waals surface area (Å²) in [5.41, 5.74) is 0.373. The van der Waals surface area contributed by atoms with Gasteiger partial charge in [0, 0.05) is 6.42 Å². The maximum atomic E-state index is 12.2. The second-order valence-electron chi connectivity index (χ2n) is 5.38. The predicted molar refractivity (Wildman–Crippen MR) is 87.7 cm³/mol. The van der Waals surface area contributed by atoms with Crippen molar-refractivity contribution in [2.75, 3.05) is 20.8 Å². The molecule has 24 heavy (non-hydrogen) atoms. The zero-order valence-corrected chi connectivity index (χ0v) is 14.4. The molecule has 0 bridgehead atoms. The first-order valence-electron chi connectivity index (χ1n) is 7.94. The normalized spacial score (nSPS) is 11.5. The lowest BCUT2D eigenvalue weighted by Crippen LogP contribution is -2.17. The largest absolute Gasteiger partial charge is 0.469 e. The van der Waals surface area contributed by atoms with Crippen molar-refractivity contribution in [3.05, 3.63) is 35.4 Å². The van der Waals surface area contributed by atoms with Crippen LogP contribution in [-0.2, 0) is 19.0 Å². The number of ether oxygens (including phenoxy) is 3. The Morgan fingerprint density at radius 2 is 1.62 bits per heavy atom. The van der Waals surface area contributed by atoms with Gasteiger partial charge < -0.3 is 14.2 Å². The minimum atomic E-state index is -0.576.